The SMILES string of the molecule is C=C/C(=C\C=C(/C)C(=O)NC1CCc2ccccc2C1)Nc1nccc2c(Cl)cccc12. The lowest BCUT2D eigenvalue weighted by Crippen LogP contribution is -2.39. The molecule has 1 aliphatic carbocycles. The van der Waals surface area contributed by atoms with E-state index >= 15 is 0 Å². The smallest absolute Gasteiger partial charge is 0.247 e. The minimum Gasteiger partial charge on any atom is -0.349 e. The topological polar surface area (TPSA) is 54.0 Å². The van der Waals surface area contributed by atoms with Crippen molar-refractivity contribution in [2.45, 2.75) is 32.2 Å². The van der Waals surface area contributed by atoms with Crippen LogP contribution in [0, 0.1) is 0 Å². The van der Waals surface area contributed by atoms with Crippen LogP contribution in [0.5, 0.6) is 0 Å². The number of nitrogens with one attached hydrogen (secondary N) is 2. The fourth-order valence-corrected chi connectivity index (χ4v) is 4.21. The molecule has 1 aromatic heterocycles. The zero-order valence-electron chi connectivity index (χ0n) is 18.1. The summed E-state index contributed by atoms with van der Waals surface area (Å²) in [5, 5.41) is 8.98. The predicted molar refractivity (Wildman–Crippen MR) is 133 cm³/mol. The summed E-state index contributed by atoms with van der Waals surface area (Å²) in [4.78, 5) is 17.1. The lowest BCUT2D eigenvalue weighted by molar-refractivity contribution is -0.118. The van der Waals surface area contributed by atoms with Crippen molar-refractivity contribution in [2.75, 3.05) is 5.32 Å². The summed E-state index contributed by atoms with van der Waals surface area (Å²) < 4.78 is 0. The van der Waals surface area contributed by atoms with Gasteiger partial charge in [-0.1, -0.05) is 60.7 Å². The van der Waals surface area contributed by atoms with Crippen molar-refractivity contribution in [1.82, 2.24) is 10.3 Å². The average molecular weight is 444 g/mol. The molecular formula is C27H26ClN3O. The number of aromatic nitrogens is 1. The van der Waals surface area contributed by atoms with Crippen molar-refractivity contribution in [2.24, 2.45) is 0 Å². The molecule has 0 saturated heterocycles. The largest absolute Gasteiger partial charge is 0.349 e. The lowest BCUT2D eigenvalue weighted by Gasteiger charge is -2.25. The van der Waals surface area contributed by atoms with Crippen LogP contribution in [-0.2, 0) is 17.6 Å². The lowest BCUT2D eigenvalue weighted by atomic mass is 9.88. The number of anilines is 1. The number of fused-ring (bicyclic) bond motifs is 2. The van der Waals surface area contributed by atoms with Crippen LogP contribution in [0.25, 0.3) is 10.8 Å². The highest BCUT2D eigenvalue weighted by atomic mass is 35.5. The summed E-state index contributed by atoms with van der Waals surface area (Å²) in [6.07, 6.45) is 9.88. The summed E-state index contributed by atoms with van der Waals surface area (Å²) >= 11 is 6.30. The third-order valence-corrected chi connectivity index (χ3v) is 6.12. The molecule has 0 bridgehead atoms. The van der Waals surface area contributed by atoms with Gasteiger partial charge in [-0.15, -0.1) is 0 Å². The molecule has 1 atom stereocenters. The first-order valence-corrected chi connectivity index (χ1v) is 11.1. The number of allylic oxidation sites excluding steroid dienone is 3. The Hall–Kier alpha value is -3.37. The van der Waals surface area contributed by atoms with Crippen LogP contribution < -0.4 is 10.6 Å². The van der Waals surface area contributed by atoms with Gasteiger partial charge in [0.1, 0.15) is 5.82 Å². The van der Waals surface area contributed by atoms with E-state index in [4.69, 9.17) is 11.6 Å². The second-order valence-electron chi connectivity index (χ2n) is 7.98. The van der Waals surface area contributed by atoms with Crippen molar-refractivity contribution >= 4 is 34.1 Å². The molecule has 1 amide bonds. The number of hydrogen-bond acceptors (Lipinski definition) is 3. The Morgan fingerprint density at radius 3 is 2.72 bits per heavy atom. The van der Waals surface area contributed by atoms with Gasteiger partial charge in [-0.25, -0.2) is 4.98 Å². The minimum atomic E-state index is -0.0517. The molecule has 2 aromatic carbocycles. The quantitative estimate of drug-likeness (QED) is 0.363. The van der Waals surface area contributed by atoms with Crippen LogP contribution in [0.15, 0.2) is 90.8 Å². The Balaban J connectivity index is 1.44. The van der Waals surface area contributed by atoms with Gasteiger partial charge >= 0.3 is 0 Å². The Labute approximate surface area is 193 Å². The molecule has 4 nitrogen and oxygen atoms in total. The van der Waals surface area contributed by atoms with Crippen molar-refractivity contribution in [3.05, 3.63) is 107 Å². The molecule has 32 heavy (non-hydrogen) atoms. The molecule has 162 valence electrons. The standard InChI is InChI=1S/C27H26ClN3O/c1-3-21(30-26-24-9-6-10-25(28)23(24)15-16-29-26)13-11-18(2)27(32)31-22-14-12-19-7-4-5-8-20(19)17-22/h3-11,13,15-16,22H,1,12,14,17H2,2H3,(H,29,30)(H,31,32)/b18-11+,21-13+. The Morgan fingerprint density at radius 2 is 1.91 bits per heavy atom. The number of amides is 1. The molecule has 0 radical (unpaired) electrons. The van der Waals surface area contributed by atoms with Gasteiger partial charge in [0.15, 0.2) is 0 Å². The van der Waals surface area contributed by atoms with E-state index in [1.165, 1.54) is 11.1 Å². The number of carbonyl (C=O) groups is 1. The summed E-state index contributed by atoms with van der Waals surface area (Å²) in [5.74, 6) is 0.636. The van der Waals surface area contributed by atoms with Crippen LogP contribution in [0.1, 0.15) is 24.5 Å². The number of nitrogens with zero attached hydrogens (tertiary/aromatic N) is 1. The maximum absolute atomic E-state index is 12.7. The molecule has 0 saturated carbocycles. The highest BCUT2D eigenvalue weighted by Crippen LogP contribution is 2.28. The van der Waals surface area contributed by atoms with E-state index in [1.54, 1.807) is 18.3 Å². The normalized spacial score (nSPS) is 16.4. The van der Waals surface area contributed by atoms with E-state index in [2.05, 4.69) is 46.5 Å². The van der Waals surface area contributed by atoms with Crippen LogP contribution in [0.2, 0.25) is 5.02 Å². The van der Waals surface area contributed by atoms with E-state index < -0.39 is 0 Å². The number of rotatable bonds is 6. The van der Waals surface area contributed by atoms with E-state index in [1.807, 2.05) is 37.3 Å². The van der Waals surface area contributed by atoms with Gasteiger partial charge in [0.2, 0.25) is 5.91 Å². The number of halogens is 1. The molecule has 5 heteroatoms. The fourth-order valence-electron chi connectivity index (χ4n) is 3.98. The first-order valence-electron chi connectivity index (χ1n) is 10.7. The van der Waals surface area contributed by atoms with Crippen LogP contribution in [0.3, 0.4) is 0 Å². The minimum absolute atomic E-state index is 0.0517. The number of aryl methyl sites for hydroxylation is 1. The molecule has 3 aromatic rings. The molecule has 0 spiro atoms. The molecule has 4 rings (SSSR count). The average Bonchev–Trinajstić information content (AvgIpc) is 2.82. The second kappa shape index (κ2) is 9.84. The van der Waals surface area contributed by atoms with E-state index in [9.17, 15) is 4.79 Å². The summed E-state index contributed by atoms with van der Waals surface area (Å²) in [7, 11) is 0. The molecule has 2 N–H and O–H groups in total. The van der Waals surface area contributed by atoms with Crippen LogP contribution in [0.4, 0.5) is 5.82 Å². The van der Waals surface area contributed by atoms with Gasteiger partial charge in [0.25, 0.3) is 0 Å². The van der Waals surface area contributed by atoms with Crippen molar-refractivity contribution in [3.8, 4) is 0 Å². The van der Waals surface area contributed by atoms with Gasteiger partial charge in [0.05, 0.1) is 0 Å². The predicted octanol–water partition coefficient (Wildman–Crippen LogP) is 5.99. The molecule has 1 unspecified atom stereocenters. The zero-order chi connectivity index (χ0) is 22.5. The monoisotopic (exact) mass is 443 g/mol. The second-order valence-corrected chi connectivity index (χ2v) is 8.38. The van der Waals surface area contributed by atoms with Gasteiger partial charge in [-0.3, -0.25) is 4.79 Å². The molecule has 1 aliphatic rings. The number of benzene rings is 2. The Morgan fingerprint density at radius 1 is 1.09 bits per heavy atom. The van der Waals surface area contributed by atoms with Gasteiger partial charge in [-0.05, 0) is 61.6 Å². The van der Waals surface area contributed by atoms with Gasteiger partial charge < -0.3 is 10.6 Å². The van der Waals surface area contributed by atoms with E-state index in [0.29, 0.717) is 16.4 Å². The first kappa shape index (κ1) is 21.8. The summed E-state index contributed by atoms with van der Waals surface area (Å²) in [6.45, 7) is 5.70. The molecule has 0 fully saturated rings. The maximum Gasteiger partial charge on any atom is 0.247 e. The molecule has 1 heterocycles. The third kappa shape index (κ3) is 4.92. The molecular weight excluding hydrogens is 418 g/mol. The Bertz CT molecular complexity index is 1230. The van der Waals surface area contributed by atoms with Crippen molar-refractivity contribution in [1.29, 1.82) is 0 Å². The van der Waals surface area contributed by atoms with E-state index in [-0.39, 0.29) is 11.9 Å². The maximum atomic E-state index is 12.7. The highest BCUT2D eigenvalue weighted by Gasteiger charge is 2.20. The number of hydrogen-bond donors (Lipinski definition) is 2. The number of carbonyl (C=O) groups excluding carboxylic acids is 1. The molecule has 0 aliphatic heterocycles. The van der Waals surface area contributed by atoms with Crippen LogP contribution >= 0.6 is 11.6 Å². The first-order chi connectivity index (χ1) is 15.5. The number of pyridine rings is 1. The Kier molecular flexibility index (Phi) is 6.72. The summed E-state index contributed by atoms with van der Waals surface area (Å²) in [6, 6.07) is 16.2. The zero-order valence-corrected chi connectivity index (χ0v) is 18.8. The highest BCUT2D eigenvalue weighted by molar-refractivity contribution is 6.35. The van der Waals surface area contributed by atoms with Gasteiger partial charge in [0, 0.05) is 39.3 Å². The van der Waals surface area contributed by atoms with E-state index in [0.717, 1.165) is 35.7 Å². The summed E-state index contributed by atoms with van der Waals surface area (Å²) in [5.41, 5.74) is 4.09. The van der Waals surface area contributed by atoms with Crippen molar-refractivity contribution < 1.29 is 4.79 Å². The van der Waals surface area contributed by atoms with Crippen molar-refractivity contribution in [3.63, 3.8) is 0 Å². The van der Waals surface area contributed by atoms with Crippen LogP contribution in [-0.4, -0.2) is 16.9 Å². The van der Waals surface area contributed by atoms with Gasteiger partial charge in [-0.2, -0.15) is 0 Å². The fraction of sp³-hybridized carbons (Fsp3) is 0.185. The third-order valence-electron chi connectivity index (χ3n) is 5.79.